The number of aliphatic hydroxyl groups excluding tert-OH is 2. The third-order valence-corrected chi connectivity index (χ3v) is 2.62. The predicted molar refractivity (Wildman–Crippen MR) is 57.4 cm³/mol. The van der Waals surface area contributed by atoms with Gasteiger partial charge in [0, 0.05) is 25.0 Å². The molecule has 0 heterocycles. The molecule has 2 heteroatoms. The Morgan fingerprint density at radius 3 is 1.36 bits per heavy atom. The van der Waals surface area contributed by atoms with Crippen LogP contribution in [0, 0.1) is 0 Å². The predicted octanol–water partition coefficient (Wildman–Crippen LogP) is 1.88. The molecule has 0 aliphatic rings. The second kappa shape index (κ2) is 5.13. The van der Waals surface area contributed by atoms with E-state index >= 15 is 0 Å². The highest BCUT2D eigenvalue weighted by atomic mass is 16.3. The van der Waals surface area contributed by atoms with E-state index in [0.29, 0.717) is 0 Å². The second-order valence-electron chi connectivity index (χ2n) is 3.83. The minimum atomic E-state index is 0.175. The molecule has 0 saturated carbocycles. The fraction of sp³-hybridized carbons (Fsp3) is 0.500. The van der Waals surface area contributed by atoms with Gasteiger partial charge in [0.25, 0.3) is 0 Å². The number of hydrogen-bond acceptors (Lipinski definition) is 2. The van der Waals surface area contributed by atoms with Crippen LogP contribution in [0.25, 0.3) is 0 Å². The quantitative estimate of drug-likeness (QED) is 0.768. The van der Waals surface area contributed by atoms with Crippen molar-refractivity contribution in [2.45, 2.75) is 25.7 Å². The Morgan fingerprint density at radius 1 is 0.857 bits per heavy atom. The van der Waals surface area contributed by atoms with E-state index < -0.39 is 0 Å². The van der Waals surface area contributed by atoms with Gasteiger partial charge in [-0.25, -0.2) is 0 Å². The molecular formula is C12H18O2. The SMILES string of the molecule is CC(CO)c1ccc(C(C)CO)cc1. The molecule has 0 saturated heterocycles. The van der Waals surface area contributed by atoms with Crippen molar-refractivity contribution in [2.24, 2.45) is 0 Å². The van der Waals surface area contributed by atoms with Crippen molar-refractivity contribution in [1.29, 1.82) is 0 Å². The van der Waals surface area contributed by atoms with Gasteiger partial charge in [-0.2, -0.15) is 0 Å². The fourth-order valence-electron chi connectivity index (χ4n) is 1.36. The third kappa shape index (κ3) is 2.56. The van der Waals surface area contributed by atoms with Crippen LogP contribution in [0.3, 0.4) is 0 Å². The summed E-state index contributed by atoms with van der Waals surface area (Å²) in [4.78, 5) is 0. The summed E-state index contributed by atoms with van der Waals surface area (Å²) in [6.45, 7) is 4.33. The van der Waals surface area contributed by atoms with Crippen LogP contribution in [0.2, 0.25) is 0 Å². The van der Waals surface area contributed by atoms with Crippen LogP contribution in [0.1, 0.15) is 36.8 Å². The molecule has 1 aromatic carbocycles. The monoisotopic (exact) mass is 194 g/mol. The first-order valence-corrected chi connectivity index (χ1v) is 5.00. The van der Waals surface area contributed by atoms with E-state index in [-0.39, 0.29) is 25.0 Å². The highest BCUT2D eigenvalue weighted by Gasteiger charge is 2.06. The minimum absolute atomic E-state index is 0.175. The van der Waals surface area contributed by atoms with Gasteiger partial charge in [0.05, 0.1) is 0 Å². The maximum Gasteiger partial charge on any atom is 0.0497 e. The van der Waals surface area contributed by atoms with Crippen LogP contribution in [-0.4, -0.2) is 23.4 Å². The van der Waals surface area contributed by atoms with Crippen molar-refractivity contribution >= 4 is 0 Å². The largest absolute Gasteiger partial charge is 0.396 e. The molecule has 0 bridgehead atoms. The van der Waals surface area contributed by atoms with E-state index in [9.17, 15) is 0 Å². The Kier molecular flexibility index (Phi) is 4.11. The third-order valence-electron chi connectivity index (χ3n) is 2.62. The van der Waals surface area contributed by atoms with Gasteiger partial charge in [-0.3, -0.25) is 0 Å². The lowest BCUT2D eigenvalue weighted by Crippen LogP contribution is -2.01. The van der Waals surface area contributed by atoms with Crippen molar-refractivity contribution < 1.29 is 10.2 Å². The molecule has 0 radical (unpaired) electrons. The molecular weight excluding hydrogens is 176 g/mol. The highest BCUT2D eigenvalue weighted by Crippen LogP contribution is 2.19. The number of rotatable bonds is 4. The summed E-state index contributed by atoms with van der Waals surface area (Å²) in [7, 11) is 0. The standard InChI is InChI=1S/C12H18O2/c1-9(7-13)11-3-5-12(6-4-11)10(2)8-14/h3-6,9-10,13-14H,7-8H2,1-2H3. The van der Waals surface area contributed by atoms with E-state index in [4.69, 9.17) is 10.2 Å². The Morgan fingerprint density at radius 2 is 1.14 bits per heavy atom. The van der Waals surface area contributed by atoms with Crippen LogP contribution in [-0.2, 0) is 0 Å². The molecule has 78 valence electrons. The summed E-state index contributed by atoms with van der Waals surface area (Å²) >= 11 is 0. The van der Waals surface area contributed by atoms with Crippen molar-refractivity contribution in [3.8, 4) is 0 Å². The van der Waals surface area contributed by atoms with Gasteiger partial charge in [-0.05, 0) is 11.1 Å². The number of aliphatic hydroxyl groups is 2. The van der Waals surface area contributed by atoms with Crippen LogP contribution >= 0.6 is 0 Å². The van der Waals surface area contributed by atoms with Crippen molar-refractivity contribution in [3.63, 3.8) is 0 Å². The van der Waals surface area contributed by atoms with Gasteiger partial charge in [-0.1, -0.05) is 38.1 Å². The summed E-state index contributed by atoms with van der Waals surface area (Å²) < 4.78 is 0. The zero-order valence-corrected chi connectivity index (χ0v) is 8.77. The maximum absolute atomic E-state index is 8.97. The van der Waals surface area contributed by atoms with E-state index in [0.717, 1.165) is 11.1 Å². The minimum Gasteiger partial charge on any atom is -0.396 e. The summed E-state index contributed by atoms with van der Waals surface area (Å²) in [5, 5.41) is 17.9. The van der Waals surface area contributed by atoms with Crippen molar-refractivity contribution in [3.05, 3.63) is 35.4 Å². The molecule has 1 rings (SSSR count). The number of benzene rings is 1. The smallest absolute Gasteiger partial charge is 0.0497 e. The Hall–Kier alpha value is -0.860. The topological polar surface area (TPSA) is 40.5 Å². The van der Waals surface area contributed by atoms with Crippen LogP contribution in [0.5, 0.6) is 0 Å². The molecule has 0 spiro atoms. The van der Waals surface area contributed by atoms with Crippen LogP contribution < -0.4 is 0 Å². The van der Waals surface area contributed by atoms with E-state index in [1.165, 1.54) is 0 Å². The van der Waals surface area contributed by atoms with Gasteiger partial charge >= 0.3 is 0 Å². The number of hydrogen-bond donors (Lipinski definition) is 2. The van der Waals surface area contributed by atoms with E-state index in [2.05, 4.69) is 0 Å². The Balaban J connectivity index is 2.78. The molecule has 2 unspecified atom stereocenters. The van der Waals surface area contributed by atoms with Gasteiger partial charge in [0.15, 0.2) is 0 Å². The van der Waals surface area contributed by atoms with Crippen LogP contribution in [0.15, 0.2) is 24.3 Å². The lowest BCUT2D eigenvalue weighted by Gasteiger charge is -2.11. The molecule has 0 aliphatic heterocycles. The van der Waals surface area contributed by atoms with E-state index in [1.54, 1.807) is 0 Å². The van der Waals surface area contributed by atoms with Crippen LogP contribution in [0.4, 0.5) is 0 Å². The van der Waals surface area contributed by atoms with Gasteiger partial charge < -0.3 is 10.2 Å². The molecule has 1 aromatic rings. The summed E-state index contributed by atoms with van der Waals surface area (Å²) in [5.41, 5.74) is 2.28. The lowest BCUT2D eigenvalue weighted by atomic mass is 9.96. The molecule has 0 aliphatic carbocycles. The maximum atomic E-state index is 8.97. The van der Waals surface area contributed by atoms with Crippen molar-refractivity contribution in [2.75, 3.05) is 13.2 Å². The first-order valence-electron chi connectivity index (χ1n) is 5.00. The second-order valence-corrected chi connectivity index (χ2v) is 3.83. The average molecular weight is 194 g/mol. The van der Waals surface area contributed by atoms with Gasteiger partial charge in [-0.15, -0.1) is 0 Å². The lowest BCUT2D eigenvalue weighted by molar-refractivity contribution is 0.271. The normalized spacial score (nSPS) is 15.1. The molecule has 14 heavy (non-hydrogen) atoms. The zero-order valence-electron chi connectivity index (χ0n) is 8.77. The Labute approximate surface area is 85.2 Å². The summed E-state index contributed by atoms with van der Waals surface area (Å²) in [5.74, 6) is 0.377. The molecule has 2 atom stereocenters. The molecule has 2 nitrogen and oxygen atoms in total. The van der Waals surface area contributed by atoms with Crippen molar-refractivity contribution in [1.82, 2.24) is 0 Å². The molecule has 2 N–H and O–H groups in total. The summed E-state index contributed by atoms with van der Waals surface area (Å²) in [6, 6.07) is 8.06. The Bertz CT molecular complexity index is 237. The first-order chi connectivity index (χ1) is 6.69. The average Bonchev–Trinajstić information content (AvgIpc) is 2.27. The van der Waals surface area contributed by atoms with Gasteiger partial charge in [0.2, 0.25) is 0 Å². The first kappa shape index (κ1) is 11.2. The molecule has 0 aromatic heterocycles. The van der Waals surface area contributed by atoms with Gasteiger partial charge in [0.1, 0.15) is 0 Å². The summed E-state index contributed by atoms with van der Waals surface area (Å²) in [6.07, 6.45) is 0. The molecule has 0 amide bonds. The van der Waals surface area contributed by atoms with E-state index in [1.807, 2.05) is 38.1 Å². The fourth-order valence-corrected chi connectivity index (χ4v) is 1.36. The molecule has 0 fully saturated rings. The zero-order chi connectivity index (χ0) is 10.6. The highest BCUT2D eigenvalue weighted by molar-refractivity contribution is 5.27.